The lowest BCUT2D eigenvalue weighted by atomic mass is 10.2. The van der Waals surface area contributed by atoms with Gasteiger partial charge in [0, 0.05) is 10.8 Å². The minimum atomic E-state index is 0.496. The zero-order chi connectivity index (χ0) is 16.9. The van der Waals surface area contributed by atoms with Crippen LogP contribution in [0.1, 0.15) is 5.56 Å². The molecule has 25 heavy (non-hydrogen) atoms. The van der Waals surface area contributed by atoms with E-state index in [4.69, 9.17) is 9.47 Å². The predicted octanol–water partition coefficient (Wildman–Crippen LogP) is 5.00. The summed E-state index contributed by atoms with van der Waals surface area (Å²) in [5, 5.41) is 10.0. The summed E-state index contributed by atoms with van der Waals surface area (Å²) in [5.74, 6) is 1.98. The van der Waals surface area contributed by atoms with E-state index < -0.39 is 0 Å². The van der Waals surface area contributed by atoms with Crippen LogP contribution in [0.3, 0.4) is 0 Å². The van der Waals surface area contributed by atoms with E-state index >= 15 is 0 Å². The average molecular weight is 328 g/mol. The molecule has 0 radical (unpaired) electrons. The van der Waals surface area contributed by atoms with Gasteiger partial charge in [-0.25, -0.2) is 0 Å². The van der Waals surface area contributed by atoms with Crippen molar-refractivity contribution >= 4 is 10.8 Å². The number of ether oxygens (including phenoxy) is 2. The predicted molar refractivity (Wildman–Crippen MR) is 96.8 cm³/mol. The summed E-state index contributed by atoms with van der Waals surface area (Å²) in [6, 6.07) is 25.4. The fraction of sp³-hybridized carbons (Fsp3) is 0.0476. The van der Waals surface area contributed by atoms with Crippen LogP contribution in [0, 0.1) is 0 Å². The van der Waals surface area contributed by atoms with Gasteiger partial charge in [-0.2, -0.15) is 5.10 Å². The van der Waals surface area contributed by atoms with E-state index in [0.717, 1.165) is 22.1 Å². The van der Waals surface area contributed by atoms with Crippen LogP contribution in [0.15, 0.2) is 85.1 Å². The third-order valence-electron chi connectivity index (χ3n) is 3.82. The normalized spacial score (nSPS) is 10.6. The molecule has 0 unspecified atom stereocenters. The van der Waals surface area contributed by atoms with Crippen molar-refractivity contribution in [2.24, 2.45) is 0 Å². The molecular formula is C21H16N2O2. The summed E-state index contributed by atoms with van der Waals surface area (Å²) < 4.78 is 11.7. The van der Waals surface area contributed by atoms with E-state index in [1.165, 1.54) is 0 Å². The second-order valence-corrected chi connectivity index (χ2v) is 5.58. The minimum absolute atomic E-state index is 0.496. The van der Waals surface area contributed by atoms with Crippen molar-refractivity contribution in [1.82, 2.24) is 10.2 Å². The lowest BCUT2D eigenvalue weighted by Gasteiger charge is -2.09. The molecule has 0 fully saturated rings. The van der Waals surface area contributed by atoms with E-state index in [2.05, 4.69) is 10.2 Å². The Morgan fingerprint density at radius 1 is 0.720 bits per heavy atom. The summed E-state index contributed by atoms with van der Waals surface area (Å²) in [5.41, 5.74) is 1.13. The molecule has 0 aliphatic carbocycles. The highest BCUT2D eigenvalue weighted by molar-refractivity contribution is 5.85. The van der Waals surface area contributed by atoms with Gasteiger partial charge in [0.05, 0.1) is 6.20 Å². The fourth-order valence-electron chi connectivity index (χ4n) is 2.53. The summed E-state index contributed by atoms with van der Waals surface area (Å²) in [6.45, 7) is 0.538. The highest BCUT2D eigenvalue weighted by Gasteiger charge is 2.06. The Hall–Kier alpha value is -3.40. The maximum atomic E-state index is 5.88. The van der Waals surface area contributed by atoms with E-state index in [0.29, 0.717) is 18.2 Å². The molecule has 1 heterocycles. The largest absolute Gasteiger partial charge is 0.489 e. The molecule has 4 heteroatoms. The van der Waals surface area contributed by atoms with Crippen LogP contribution in [-0.2, 0) is 6.61 Å². The van der Waals surface area contributed by atoms with Gasteiger partial charge in [-0.1, -0.05) is 48.5 Å². The minimum Gasteiger partial charge on any atom is -0.489 e. The van der Waals surface area contributed by atoms with Crippen LogP contribution in [0.25, 0.3) is 10.8 Å². The summed E-state index contributed by atoms with van der Waals surface area (Å²) in [4.78, 5) is 0. The molecule has 0 amide bonds. The van der Waals surface area contributed by atoms with Crippen LogP contribution in [0.4, 0.5) is 0 Å². The molecule has 0 aliphatic rings. The number of fused-ring (bicyclic) bond motifs is 1. The Bertz CT molecular complexity index is 964. The Morgan fingerprint density at radius 2 is 1.44 bits per heavy atom. The lowest BCUT2D eigenvalue weighted by Crippen LogP contribution is -1.95. The van der Waals surface area contributed by atoms with Gasteiger partial charge in [-0.05, 0) is 35.9 Å². The zero-order valence-electron chi connectivity index (χ0n) is 13.5. The molecule has 0 atom stereocenters. The molecule has 3 aromatic carbocycles. The van der Waals surface area contributed by atoms with E-state index in [1.54, 1.807) is 6.20 Å². The van der Waals surface area contributed by atoms with Gasteiger partial charge >= 0.3 is 0 Å². The smallest absolute Gasteiger partial charge is 0.246 e. The first kappa shape index (κ1) is 15.1. The Balaban J connectivity index is 1.47. The molecule has 0 saturated carbocycles. The molecule has 1 aromatic heterocycles. The van der Waals surface area contributed by atoms with E-state index in [9.17, 15) is 0 Å². The topological polar surface area (TPSA) is 44.2 Å². The van der Waals surface area contributed by atoms with Crippen molar-refractivity contribution < 1.29 is 9.47 Å². The molecule has 0 N–H and O–H groups in total. The van der Waals surface area contributed by atoms with Gasteiger partial charge in [-0.3, -0.25) is 0 Å². The molecule has 4 aromatic rings. The molecular weight excluding hydrogens is 312 g/mol. The monoisotopic (exact) mass is 328 g/mol. The number of aromatic nitrogens is 2. The van der Waals surface area contributed by atoms with Gasteiger partial charge in [0.15, 0.2) is 0 Å². The molecule has 0 bridgehead atoms. The van der Waals surface area contributed by atoms with Crippen molar-refractivity contribution in [3.63, 3.8) is 0 Å². The Labute approximate surface area is 145 Å². The third-order valence-corrected chi connectivity index (χ3v) is 3.82. The number of benzene rings is 3. The van der Waals surface area contributed by atoms with Crippen LogP contribution in [0.5, 0.6) is 17.4 Å². The second-order valence-electron chi connectivity index (χ2n) is 5.58. The van der Waals surface area contributed by atoms with Crippen molar-refractivity contribution in [1.29, 1.82) is 0 Å². The second kappa shape index (κ2) is 7.01. The Morgan fingerprint density at radius 3 is 2.28 bits per heavy atom. The fourth-order valence-corrected chi connectivity index (χ4v) is 2.53. The lowest BCUT2D eigenvalue weighted by molar-refractivity contribution is 0.305. The van der Waals surface area contributed by atoms with Gasteiger partial charge in [0.2, 0.25) is 5.88 Å². The van der Waals surface area contributed by atoms with Gasteiger partial charge in [0.25, 0.3) is 0 Å². The van der Waals surface area contributed by atoms with Crippen LogP contribution in [-0.4, -0.2) is 10.2 Å². The molecule has 4 rings (SSSR count). The number of nitrogens with zero attached hydrogens (tertiary/aromatic N) is 2. The van der Waals surface area contributed by atoms with Crippen LogP contribution < -0.4 is 9.47 Å². The zero-order valence-corrected chi connectivity index (χ0v) is 13.5. The van der Waals surface area contributed by atoms with Gasteiger partial charge in [0.1, 0.15) is 18.1 Å². The molecule has 122 valence electrons. The first-order chi connectivity index (χ1) is 12.4. The summed E-state index contributed by atoms with van der Waals surface area (Å²) >= 11 is 0. The molecule has 0 spiro atoms. The maximum Gasteiger partial charge on any atom is 0.246 e. The van der Waals surface area contributed by atoms with Crippen LogP contribution in [0.2, 0.25) is 0 Å². The number of hydrogen-bond donors (Lipinski definition) is 0. The number of rotatable bonds is 5. The standard InChI is InChI=1S/C21H16N2O2/c1-2-6-16(7-3-1)15-24-18-10-12-19(13-11-18)25-21-20-9-5-4-8-17(20)14-22-23-21/h1-14H,15H2. The molecule has 0 aliphatic heterocycles. The van der Waals surface area contributed by atoms with Crippen molar-refractivity contribution in [3.05, 3.63) is 90.6 Å². The maximum absolute atomic E-state index is 5.88. The quantitative estimate of drug-likeness (QED) is 0.517. The molecule has 4 nitrogen and oxygen atoms in total. The highest BCUT2D eigenvalue weighted by Crippen LogP contribution is 2.28. The van der Waals surface area contributed by atoms with Gasteiger partial charge in [-0.15, -0.1) is 5.10 Å². The SMILES string of the molecule is c1ccc(COc2ccc(Oc3nncc4ccccc34)cc2)cc1. The van der Waals surface area contributed by atoms with Crippen molar-refractivity contribution in [2.45, 2.75) is 6.61 Å². The van der Waals surface area contributed by atoms with E-state index in [-0.39, 0.29) is 0 Å². The first-order valence-electron chi connectivity index (χ1n) is 8.03. The molecule has 0 saturated heterocycles. The Kier molecular flexibility index (Phi) is 4.25. The van der Waals surface area contributed by atoms with Gasteiger partial charge < -0.3 is 9.47 Å². The van der Waals surface area contributed by atoms with Crippen LogP contribution >= 0.6 is 0 Å². The number of hydrogen-bond acceptors (Lipinski definition) is 4. The first-order valence-corrected chi connectivity index (χ1v) is 8.03. The summed E-state index contributed by atoms with van der Waals surface area (Å²) in [7, 11) is 0. The highest BCUT2D eigenvalue weighted by atomic mass is 16.5. The third kappa shape index (κ3) is 3.58. The van der Waals surface area contributed by atoms with Crippen molar-refractivity contribution in [3.8, 4) is 17.4 Å². The van der Waals surface area contributed by atoms with E-state index in [1.807, 2.05) is 78.9 Å². The average Bonchev–Trinajstić information content (AvgIpc) is 2.69. The van der Waals surface area contributed by atoms with Crippen molar-refractivity contribution in [2.75, 3.05) is 0 Å². The summed E-state index contributed by atoms with van der Waals surface area (Å²) in [6.07, 6.45) is 1.72.